The minimum Gasteiger partial charge on any atom is -0.357 e. The molecule has 1 N–H and O–H groups in total. The molecule has 1 fully saturated rings. The Kier molecular flexibility index (Phi) is 3.84. The highest BCUT2D eigenvalue weighted by molar-refractivity contribution is 5.84. The first-order chi connectivity index (χ1) is 12.4. The third-order valence-electron chi connectivity index (χ3n) is 5.95. The van der Waals surface area contributed by atoms with Crippen LogP contribution in [0.3, 0.4) is 0 Å². The van der Waals surface area contributed by atoms with Crippen LogP contribution in [0.1, 0.15) is 16.8 Å². The fourth-order valence-electron chi connectivity index (χ4n) is 4.56. The molecular formula is C22H25N3. The number of aromatic amines is 1. The molecule has 0 spiro atoms. The Morgan fingerprint density at radius 1 is 0.960 bits per heavy atom. The van der Waals surface area contributed by atoms with Crippen LogP contribution in [0, 0.1) is 0 Å². The quantitative estimate of drug-likeness (QED) is 0.794. The van der Waals surface area contributed by atoms with E-state index in [1.807, 2.05) is 0 Å². The summed E-state index contributed by atoms with van der Waals surface area (Å²) < 4.78 is 0. The Morgan fingerprint density at radius 3 is 2.72 bits per heavy atom. The molecule has 0 aliphatic carbocycles. The highest BCUT2D eigenvalue weighted by Crippen LogP contribution is 2.31. The molecule has 2 aliphatic heterocycles. The van der Waals surface area contributed by atoms with E-state index in [4.69, 9.17) is 0 Å². The van der Waals surface area contributed by atoms with Crippen LogP contribution in [0.4, 0.5) is 0 Å². The van der Waals surface area contributed by atoms with Crippen molar-refractivity contribution in [3.63, 3.8) is 0 Å². The first-order valence-corrected chi connectivity index (χ1v) is 9.45. The van der Waals surface area contributed by atoms with Crippen LogP contribution in [0.25, 0.3) is 10.9 Å². The molecule has 3 heterocycles. The molecule has 0 amide bonds. The first kappa shape index (κ1) is 15.2. The van der Waals surface area contributed by atoms with Gasteiger partial charge in [-0.3, -0.25) is 4.90 Å². The summed E-state index contributed by atoms with van der Waals surface area (Å²) in [7, 11) is 0. The number of H-pyrrole nitrogens is 1. The second-order valence-corrected chi connectivity index (χ2v) is 7.49. The van der Waals surface area contributed by atoms with Crippen LogP contribution in [0.2, 0.25) is 0 Å². The standard InChI is InChI=1S/C22H25N3/c1-2-6-17(7-3-1)10-11-24-12-13-25-16-22-20(14-18(25)15-24)19-8-4-5-9-21(19)23-22/h1-9,18,23H,10-16H2. The van der Waals surface area contributed by atoms with Crippen LogP contribution in [-0.2, 0) is 19.4 Å². The maximum atomic E-state index is 3.65. The van der Waals surface area contributed by atoms with Crippen molar-refractivity contribution in [2.75, 3.05) is 26.2 Å². The Labute approximate surface area is 149 Å². The first-order valence-electron chi connectivity index (χ1n) is 9.45. The van der Waals surface area contributed by atoms with Gasteiger partial charge in [0.15, 0.2) is 0 Å². The summed E-state index contributed by atoms with van der Waals surface area (Å²) in [6.07, 6.45) is 2.34. The van der Waals surface area contributed by atoms with E-state index in [1.54, 1.807) is 5.56 Å². The smallest absolute Gasteiger partial charge is 0.0459 e. The van der Waals surface area contributed by atoms with Gasteiger partial charge in [0, 0.05) is 55.4 Å². The molecule has 5 rings (SSSR count). The minimum atomic E-state index is 0.663. The number of rotatable bonds is 3. The summed E-state index contributed by atoms with van der Waals surface area (Å²) in [4.78, 5) is 8.99. The molecule has 3 aromatic rings. The molecule has 1 aromatic heterocycles. The number of hydrogen-bond acceptors (Lipinski definition) is 2. The lowest BCUT2D eigenvalue weighted by Gasteiger charge is -2.44. The predicted molar refractivity (Wildman–Crippen MR) is 103 cm³/mol. The number of para-hydroxylation sites is 1. The Bertz CT molecular complexity index is 867. The van der Waals surface area contributed by atoms with Gasteiger partial charge < -0.3 is 9.88 Å². The topological polar surface area (TPSA) is 22.3 Å². The lowest BCUT2D eigenvalue weighted by atomic mass is 9.94. The second kappa shape index (κ2) is 6.32. The molecule has 25 heavy (non-hydrogen) atoms. The highest BCUT2D eigenvalue weighted by atomic mass is 15.3. The summed E-state index contributed by atoms with van der Waals surface area (Å²) in [5.74, 6) is 0. The lowest BCUT2D eigenvalue weighted by molar-refractivity contribution is 0.0607. The van der Waals surface area contributed by atoms with Crippen molar-refractivity contribution in [1.82, 2.24) is 14.8 Å². The Morgan fingerprint density at radius 2 is 1.80 bits per heavy atom. The Hall–Kier alpha value is -2.10. The molecule has 1 unspecified atom stereocenters. The van der Waals surface area contributed by atoms with Crippen LogP contribution in [-0.4, -0.2) is 47.0 Å². The fourth-order valence-corrected chi connectivity index (χ4v) is 4.56. The number of piperazine rings is 1. The van der Waals surface area contributed by atoms with E-state index >= 15 is 0 Å². The van der Waals surface area contributed by atoms with Crippen molar-refractivity contribution in [2.24, 2.45) is 0 Å². The zero-order valence-electron chi connectivity index (χ0n) is 14.6. The third kappa shape index (κ3) is 2.88. The maximum absolute atomic E-state index is 3.65. The highest BCUT2D eigenvalue weighted by Gasteiger charge is 2.32. The monoisotopic (exact) mass is 331 g/mol. The lowest BCUT2D eigenvalue weighted by Crippen LogP contribution is -2.55. The van der Waals surface area contributed by atoms with Crippen molar-refractivity contribution in [2.45, 2.75) is 25.4 Å². The van der Waals surface area contributed by atoms with Gasteiger partial charge in [-0.15, -0.1) is 0 Å². The number of nitrogens with one attached hydrogen (secondary N) is 1. The molecule has 3 nitrogen and oxygen atoms in total. The van der Waals surface area contributed by atoms with Crippen molar-refractivity contribution in [1.29, 1.82) is 0 Å². The maximum Gasteiger partial charge on any atom is 0.0459 e. The fraction of sp³-hybridized carbons (Fsp3) is 0.364. The van der Waals surface area contributed by atoms with Crippen molar-refractivity contribution < 1.29 is 0 Å². The van der Waals surface area contributed by atoms with Gasteiger partial charge >= 0.3 is 0 Å². The van der Waals surface area contributed by atoms with Gasteiger partial charge in [-0.1, -0.05) is 48.5 Å². The average molecular weight is 331 g/mol. The van der Waals surface area contributed by atoms with Crippen molar-refractivity contribution in [3.05, 3.63) is 71.4 Å². The van der Waals surface area contributed by atoms with E-state index < -0.39 is 0 Å². The van der Waals surface area contributed by atoms with E-state index in [0.29, 0.717) is 6.04 Å². The van der Waals surface area contributed by atoms with E-state index in [2.05, 4.69) is 69.4 Å². The summed E-state index contributed by atoms with van der Waals surface area (Å²) in [5.41, 5.74) is 5.75. The zero-order valence-corrected chi connectivity index (χ0v) is 14.6. The number of fused-ring (bicyclic) bond motifs is 4. The Balaban J connectivity index is 1.30. The van der Waals surface area contributed by atoms with Crippen LogP contribution < -0.4 is 0 Å². The normalized spacial score (nSPS) is 21.2. The van der Waals surface area contributed by atoms with Crippen molar-refractivity contribution in [3.8, 4) is 0 Å². The van der Waals surface area contributed by atoms with Gasteiger partial charge in [-0.25, -0.2) is 0 Å². The third-order valence-corrected chi connectivity index (χ3v) is 5.95. The molecule has 0 saturated carbocycles. The SMILES string of the molecule is c1ccc(CCN2CCN3Cc4[nH]c5ccccc5c4CC3C2)cc1. The molecule has 1 atom stereocenters. The number of benzene rings is 2. The molecular weight excluding hydrogens is 306 g/mol. The van der Waals surface area contributed by atoms with E-state index in [-0.39, 0.29) is 0 Å². The van der Waals surface area contributed by atoms with Crippen molar-refractivity contribution >= 4 is 10.9 Å². The van der Waals surface area contributed by atoms with Gasteiger partial charge in [-0.05, 0) is 30.0 Å². The minimum absolute atomic E-state index is 0.663. The van der Waals surface area contributed by atoms with E-state index in [9.17, 15) is 0 Å². The molecule has 0 bridgehead atoms. The largest absolute Gasteiger partial charge is 0.357 e. The average Bonchev–Trinajstić information content (AvgIpc) is 3.03. The summed E-state index contributed by atoms with van der Waals surface area (Å²) in [6, 6.07) is 20.3. The predicted octanol–water partition coefficient (Wildman–Crippen LogP) is 3.45. The van der Waals surface area contributed by atoms with E-state index in [1.165, 1.54) is 54.8 Å². The van der Waals surface area contributed by atoms with Gasteiger partial charge in [0.1, 0.15) is 0 Å². The molecule has 0 radical (unpaired) electrons. The molecule has 3 heteroatoms. The molecule has 1 saturated heterocycles. The van der Waals surface area contributed by atoms with Gasteiger partial charge in [0.25, 0.3) is 0 Å². The molecule has 2 aliphatic rings. The van der Waals surface area contributed by atoms with Crippen LogP contribution in [0.15, 0.2) is 54.6 Å². The second-order valence-electron chi connectivity index (χ2n) is 7.49. The number of nitrogens with zero attached hydrogens (tertiary/aromatic N) is 2. The summed E-state index contributed by atoms with van der Waals surface area (Å²) >= 11 is 0. The van der Waals surface area contributed by atoms with Gasteiger partial charge in [0.05, 0.1) is 0 Å². The molecule has 2 aromatic carbocycles. The summed E-state index contributed by atoms with van der Waals surface area (Å²) in [6.45, 7) is 5.84. The number of hydrogen-bond donors (Lipinski definition) is 1. The van der Waals surface area contributed by atoms with Crippen LogP contribution in [0.5, 0.6) is 0 Å². The summed E-state index contributed by atoms with van der Waals surface area (Å²) in [5, 5.41) is 1.43. The number of aromatic nitrogens is 1. The van der Waals surface area contributed by atoms with Gasteiger partial charge in [0.2, 0.25) is 0 Å². The van der Waals surface area contributed by atoms with Gasteiger partial charge in [-0.2, -0.15) is 0 Å². The van der Waals surface area contributed by atoms with E-state index in [0.717, 1.165) is 13.0 Å². The van der Waals surface area contributed by atoms with Crippen LogP contribution >= 0.6 is 0 Å². The molecule has 128 valence electrons. The zero-order chi connectivity index (χ0) is 16.6.